The predicted molar refractivity (Wildman–Crippen MR) is 63.7 cm³/mol. The van der Waals surface area contributed by atoms with E-state index >= 15 is 0 Å². The molecule has 1 aliphatic heterocycles. The molecule has 0 aromatic heterocycles. The average Bonchev–Trinajstić information content (AvgIpc) is 2.34. The molecule has 0 atom stereocenters. The van der Waals surface area contributed by atoms with Crippen LogP contribution in [0.25, 0.3) is 0 Å². The molecule has 0 aliphatic carbocycles. The normalized spacial score (nSPS) is 17.1. The molecule has 0 bridgehead atoms. The van der Waals surface area contributed by atoms with E-state index in [1.165, 1.54) is 4.90 Å². The minimum atomic E-state index is -1.44. The highest BCUT2D eigenvalue weighted by Crippen LogP contribution is 2.29. The number of ether oxygens (including phenoxy) is 1. The van der Waals surface area contributed by atoms with Crippen LogP contribution in [0.1, 0.15) is 12.0 Å². The van der Waals surface area contributed by atoms with Gasteiger partial charge < -0.3 is 14.7 Å². The highest BCUT2D eigenvalue weighted by Gasteiger charge is 2.45. The SMILES string of the molecule is O=C(OCc1ccccc1)N1CC(F)(CCO)C1. The van der Waals surface area contributed by atoms with Crippen molar-refractivity contribution in [1.82, 2.24) is 4.90 Å². The van der Waals surface area contributed by atoms with Crippen LogP contribution in [0.3, 0.4) is 0 Å². The molecule has 1 amide bonds. The molecule has 0 saturated carbocycles. The van der Waals surface area contributed by atoms with Crippen molar-refractivity contribution < 1.29 is 19.0 Å². The number of amides is 1. The van der Waals surface area contributed by atoms with Crippen molar-refractivity contribution in [2.75, 3.05) is 19.7 Å². The molecular formula is C13H16FNO3. The van der Waals surface area contributed by atoms with Crippen LogP contribution in [-0.2, 0) is 11.3 Å². The van der Waals surface area contributed by atoms with Crippen molar-refractivity contribution in [3.05, 3.63) is 35.9 Å². The van der Waals surface area contributed by atoms with Crippen LogP contribution in [0.5, 0.6) is 0 Å². The lowest BCUT2D eigenvalue weighted by molar-refractivity contribution is -0.0431. The maximum atomic E-state index is 13.7. The lowest BCUT2D eigenvalue weighted by atomic mass is 9.93. The first-order chi connectivity index (χ1) is 8.63. The van der Waals surface area contributed by atoms with Gasteiger partial charge in [-0.2, -0.15) is 0 Å². The zero-order valence-corrected chi connectivity index (χ0v) is 10.0. The summed E-state index contributed by atoms with van der Waals surface area (Å²) in [7, 11) is 0. The first-order valence-corrected chi connectivity index (χ1v) is 5.88. The van der Waals surface area contributed by atoms with Gasteiger partial charge in [-0.15, -0.1) is 0 Å². The van der Waals surface area contributed by atoms with Crippen LogP contribution in [0, 0.1) is 0 Å². The highest BCUT2D eigenvalue weighted by molar-refractivity contribution is 5.69. The molecule has 5 heteroatoms. The van der Waals surface area contributed by atoms with Gasteiger partial charge >= 0.3 is 6.09 Å². The number of hydrogen-bond acceptors (Lipinski definition) is 3. The van der Waals surface area contributed by atoms with Gasteiger partial charge in [-0.25, -0.2) is 9.18 Å². The molecule has 1 aromatic carbocycles. The summed E-state index contributed by atoms with van der Waals surface area (Å²) in [6, 6.07) is 9.32. The Morgan fingerprint density at radius 1 is 1.39 bits per heavy atom. The van der Waals surface area contributed by atoms with Crippen molar-refractivity contribution in [2.24, 2.45) is 0 Å². The number of aliphatic hydroxyl groups excluding tert-OH is 1. The highest BCUT2D eigenvalue weighted by atomic mass is 19.1. The number of hydrogen-bond donors (Lipinski definition) is 1. The first kappa shape index (κ1) is 12.8. The van der Waals surface area contributed by atoms with Crippen LogP contribution in [0.4, 0.5) is 9.18 Å². The Morgan fingerprint density at radius 3 is 2.67 bits per heavy atom. The van der Waals surface area contributed by atoms with Gasteiger partial charge in [0, 0.05) is 13.0 Å². The topological polar surface area (TPSA) is 49.8 Å². The van der Waals surface area contributed by atoms with Gasteiger partial charge in [-0.3, -0.25) is 0 Å². The molecule has 1 fully saturated rings. The number of carbonyl (C=O) groups excluding carboxylic acids is 1. The Kier molecular flexibility index (Phi) is 3.81. The van der Waals surface area contributed by atoms with E-state index in [4.69, 9.17) is 9.84 Å². The van der Waals surface area contributed by atoms with Crippen molar-refractivity contribution in [3.63, 3.8) is 0 Å². The Labute approximate surface area is 105 Å². The van der Waals surface area contributed by atoms with E-state index in [9.17, 15) is 9.18 Å². The third-order valence-electron chi connectivity index (χ3n) is 2.97. The summed E-state index contributed by atoms with van der Waals surface area (Å²) in [5.74, 6) is 0. The van der Waals surface area contributed by atoms with E-state index in [2.05, 4.69) is 0 Å². The number of nitrogens with zero attached hydrogens (tertiary/aromatic N) is 1. The summed E-state index contributed by atoms with van der Waals surface area (Å²) in [5, 5.41) is 8.67. The van der Waals surface area contributed by atoms with Gasteiger partial charge in [0.05, 0.1) is 13.1 Å². The van der Waals surface area contributed by atoms with Crippen molar-refractivity contribution >= 4 is 6.09 Å². The van der Waals surface area contributed by atoms with E-state index in [1.807, 2.05) is 30.3 Å². The van der Waals surface area contributed by atoms with Crippen LogP contribution in [0.15, 0.2) is 30.3 Å². The van der Waals surface area contributed by atoms with Crippen LogP contribution < -0.4 is 0 Å². The number of benzene rings is 1. The van der Waals surface area contributed by atoms with E-state index in [0.29, 0.717) is 0 Å². The molecule has 18 heavy (non-hydrogen) atoms. The van der Waals surface area contributed by atoms with Gasteiger partial charge in [-0.1, -0.05) is 30.3 Å². The second kappa shape index (κ2) is 5.35. The number of rotatable bonds is 4. The quantitative estimate of drug-likeness (QED) is 0.889. The van der Waals surface area contributed by atoms with Crippen LogP contribution >= 0.6 is 0 Å². The first-order valence-electron chi connectivity index (χ1n) is 5.88. The summed E-state index contributed by atoms with van der Waals surface area (Å²) in [4.78, 5) is 12.9. The monoisotopic (exact) mass is 253 g/mol. The van der Waals surface area contributed by atoms with Crippen molar-refractivity contribution in [1.29, 1.82) is 0 Å². The van der Waals surface area contributed by atoms with Gasteiger partial charge in [0.1, 0.15) is 12.3 Å². The predicted octanol–water partition coefficient (Wildman–Crippen LogP) is 1.73. The minimum absolute atomic E-state index is 0.00117. The molecule has 1 aliphatic rings. The van der Waals surface area contributed by atoms with Gasteiger partial charge in [-0.05, 0) is 5.56 Å². The Balaban J connectivity index is 1.74. The summed E-state index contributed by atoms with van der Waals surface area (Å²) >= 11 is 0. The number of carbonyl (C=O) groups is 1. The smallest absolute Gasteiger partial charge is 0.410 e. The summed E-state index contributed by atoms with van der Waals surface area (Å²) in [6.07, 6.45) is -0.444. The third kappa shape index (κ3) is 2.98. The Hall–Kier alpha value is -1.62. The number of alkyl halides is 1. The molecule has 98 valence electrons. The molecule has 0 spiro atoms. The van der Waals surface area contributed by atoms with E-state index < -0.39 is 11.8 Å². The fourth-order valence-corrected chi connectivity index (χ4v) is 1.94. The average molecular weight is 253 g/mol. The largest absolute Gasteiger partial charge is 0.445 e. The molecule has 1 saturated heterocycles. The molecule has 1 aromatic rings. The maximum Gasteiger partial charge on any atom is 0.410 e. The minimum Gasteiger partial charge on any atom is -0.445 e. The molecule has 1 N–H and O–H groups in total. The van der Waals surface area contributed by atoms with Gasteiger partial charge in [0.2, 0.25) is 0 Å². The second-order valence-electron chi connectivity index (χ2n) is 4.52. The molecular weight excluding hydrogens is 237 g/mol. The standard InChI is InChI=1S/C13H16FNO3/c14-13(6-7-16)9-15(10-13)12(17)18-8-11-4-2-1-3-5-11/h1-5,16H,6-10H2. The summed E-state index contributed by atoms with van der Waals surface area (Å²) in [6.45, 7) is -0.0127. The molecule has 0 radical (unpaired) electrons. The zero-order valence-electron chi connectivity index (χ0n) is 10.0. The fraction of sp³-hybridized carbons (Fsp3) is 0.462. The van der Waals surface area contributed by atoms with Gasteiger partial charge in [0.15, 0.2) is 0 Å². The number of likely N-dealkylation sites (tertiary alicyclic amines) is 1. The van der Waals surface area contributed by atoms with Gasteiger partial charge in [0.25, 0.3) is 0 Å². The zero-order chi connectivity index (χ0) is 13.0. The number of aliphatic hydroxyl groups is 1. The molecule has 4 nitrogen and oxygen atoms in total. The van der Waals surface area contributed by atoms with Crippen molar-refractivity contribution in [3.8, 4) is 0 Å². The number of halogens is 1. The molecule has 0 unspecified atom stereocenters. The van der Waals surface area contributed by atoms with Crippen LogP contribution in [0.2, 0.25) is 0 Å². The lowest BCUT2D eigenvalue weighted by Gasteiger charge is -2.43. The second-order valence-corrected chi connectivity index (χ2v) is 4.52. The molecule has 1 heterocycles. The Morgan fingerprint density at radius 2 is 2.06 bits per heavy atom. The molecule has 2 rings (SSSR count). The fourth-order valence-electron chi connectivity index (χ4n) is 1.94. The van der Waals surface area contributed by atoms with E-state index in [-0.39, 0.29) is 32.7 Å². The summed E-state index contributed by atoms with van der Waals surface area (Å²) < 4.78 is 18.7. The summed E-state index contributed by atoms with van der Waals surface area (Å²) in [5.41, 5.74) is -0.547. The van der Waals surface area contributed by atoms with Crippen LogP contribution in [-0.4, -0.2) is 41.5 Å². The lowest BCUT2D eigenvalue weighted by Crippen LogP contribution is -2.61. The van der Waals surface area contributed by atoms with E-state index in [1.54, 1.807) is 0 Å². The maximum absolute atomic E-state index is 13.7. The van der Waals surface area contributed by atoms with E-state index in [0.717, 1.165) is 5.56 Å². The van der Waals surface area contributed by atoms with Crippen molar-refractivity contribution in [2.45, 2.75) is 18.7 Å². The Bertz CT molecular complexity index is 404. The third-order valence-corrected chi connectivity index (χ3v) is 2.97.